The van der Waals surface area contributed by atoms with Crippen LogP contribution in [0.1, 0.15) is 0 Å². The molecule has 0 amide bonds. The summed E-state index contributed by atoms with van der Waals surface area (Å²) in [4.78, 5) is 39.8. The molecule has 0 saturated carbocycles. The molecule has 0 saturated heterocycles. The molecule has 0 aromatic carbocycles. The van der Waals surface area contributed by atoms with Gasteiger partial charge in [0.1, 0.15) is 19.8 Å². The van der Waals surface area contributed by atoms with Gasteiger partial charge in [-0.15, -0.1) is 0 Å². The molecule has 0 bridgehead atoms. The summed E-state index contributed by atoms with van der Waals surface area (Å²) in [5.41, 5.74) is -1.66. The molecular weight excluding hydrogens is 538 g/mol. The number of aromatic nitrogens is 3. The lowest BCUT2D eigenvalue weighted by Gasteiger charge is -2.25. The van der Waals surface area contributed by atoms with Crippen LogP contribution in [0.2, 0.25) is 0 Å². The van der Waals surface area contributed by atoms with E-state index in [1.807, 2.05) is 16.8 Å². The van der Waals surface area contributed by atoms with E-state index in [1.165, 1.54) is 71.6 Å². The number of rotatable bonds is 15. The molecule has 0 radical (unpaired) electrons. The molecule has 3 heterocycles. The quantitative estimate of drug-likeness (QED) is 0.218. The van der Waals surface area contributed by atoms with Crippen molar-refractivity contribution in [1.29, 1.82) is 0 Å². The second-order valence-electron chi connectivity index (χ2n) is 9.52. The average Bonchev–Trinajstić information content (AvgIpc) is 2.95. The Labute approximate surface area is 236 Å². The van der Waals surface area contributed by atoms with Gasteiger partial charge in [0.05, 0.1) is 0 Å². The van der Waals surface area contributed by atoms with Crippen LogP contribution >= 0.6 is 0 Å². The van der Waals surface area contributed by atoms with E-state index >= 15 is 0 Å². The first-order chi connectivity index (χ1) is 19.5. The lowest BCUT2D eigenvalue weighted by atomic mass is 10.4. The third-order valence-electron chi connectivity index (χ3n) is 6.48. The van der Waals surface area contributed by atoms with Crippen molar-refractivity contribution in [2.45, 2.75) is 0 Å². The molecule has 14 heteroatoms. The minimum Gasteiger partial charge on any atom is -0.500 e. The fraction of sp³-hybridized carbons (Fsp3) is 0.444. The molecule has 3 aromatic heterocycles. The smallest absolute Gasteiger partial charge is 0.296 e. The number of aromatic hydroxyl groups is 3. The highest BCUT2D eigenvalue weighted by molar-refractivity contribution is 5.36. The van der Waals surface area contributed by atoms with E-state index in [0.29, 0.717) is 32.7 Å². The van der Waals surface area contributed by atoms with Crippen LogP contribution < -0.4 is 30.9 Å². The second-order valence-corrected chi connectivity index (χ2v) is 9.52. The van der Waals surface area contributed by atoms with Crippen molar-refractivity contribution in [3.8, 4) is 34.5 Å². The molecular formula is C27H37N5O9. The van der Waals surface area contributed by atoms with Crippen LogP contribution in [0.15, 0.2) is 51.2 Å². The number of likely N-dealkylation sites (N-methyl/N-ethyl adjacent to an activating group) is 1. The summed E-state index contributed by atoms with van der Waals surface area (Å²) in [6, 6.07) is 4.55. The van der Waals surface area contributed by atoms with Gasteiger partial charge in [0.25, 0.3) is 16.7 Å². The zero-order chi connectivity index (χ0) is 30.1. The zero-order valence-corrected chi connectivity index (χ0v) is 23.6. The summed E-state index contributed by atoms with van der Waals surface area (Å²) in [6.45, 7) is 3.13. The van der Waals surface area contributed by atoms with Crippen molar-refractivity contribution in [1.82, 2.24) is 23.5 Å². The van der Waals surface area contributed by atoms with Gasteiger partial charge in [0.2, 0.25) is 17.2 Å². The second kappa shape index (κ2) is 14.3. The lowest BCUT2D eigenvalue weighted by Crippen LogP contribution is -2.39. The van der Waals surface area contributed by atoms with Crippen LogP contribution in [0.4, 0.5) is 0 Å². The third kappa shape index (κ3) is 8.28. The van der Waals surface area contributed by atoms with Crippen LogP contribution in [-0.4, -0.2) is 98.4 Å². The molecule has 0 atom stereocenters. The Morgan fingerprint density at radius 1 is 0.585 bits per heavy atom. The number of aryl methyl sites for hydroxylation is 3. The highest BCUT2D eigenvalue weighted by Gasteiger charge is 2.14. The Morgan fingerprint density at radius 3 is 1.29 bits per heavy atom. The first kappa shape index (κ1) is 31.1. The third-order valence-corrected chi connectivity index (χ3v) is 6.48. The van der Waals surface area contributed by atoms with Crippen molar-refractivity contribution in [3.05, 3.63) is 67.9 Å². The summed E-state index contributed by atoms with van der Waals surface area (Å²) < 4.78 is 20.6. The predicted octanol–water partition coefficient (Wildman–Crippen LogP) is -0.330. The largest absolute Gasteiger partial charge is 0.500 e. The van der Waals surface area contributed by atoms with Gasteiger partial charge >= 0.3 is 0 Å². The lowest BCUT2D eigenvalue weighted by molar-refractivity contribution is 0.152. The minimum atomic E-state index is -0.561. The van der Waals surface area contributed by atoms with Crippen molar-refractivity contribution >= 4 is 0 Å². The fourth-order valence-corrected chi connectivity index (χ4v) is 3.79. The summed E-state index contributed by atoms with van der Waals surface area (Å²) in [5.74, 6) is -1.07. The Kier molecular flexibility index (Phi) is 10.8. The summed E-state index contributed by atoms with van der Waals surface area (Å²) in [6.07, 6.45) is 4.52. The maximum atomic E-state index is 12.0. The van der Waals surface area contributed by atoms with Gasteiger partial charge in [0, 0.05) is 90.7 Å². The Hall–Kier alpha value is -4.43. The fourth-order valence-electron chi connectivity index (χ4n) is 3.79. The van der Waals surface area contributed by atoms with Gasteiger partial charge in [0.15, 0.2) is 17.2 Å². The molecule has 0 aliphatic rings. The summed E-state index contributed by atoms with van der Waals surface area (Å²) in [5, 5.41) is 30.1. The van der Waals surface area contributed by atoms with Crippen LogP contribution in [-0.2, 0) is 21.1 Å². The number of hydrogen-bond donors (Lipinski definition) is 3. The van der Waals surface area contributed by atoms with E-state index in [0.717, 1.165) is 0 Å². The molecule has 41 heavy (non-hydrogen) atoms. The van der Waals surface area contributed by atoms with Crippen molar-refractivity contribution < 1.29 is 29.5 Å². The van der Waals surface area contributed by atoms with E-state index < -0.39 is 33.9 Å². The molecule has 3 N–H and O–H groups in total. The Bertz CT molecular complexity index is 1430. The maximum absolute atomic E-state index is 12.0. The molecule has 0 aliphatic carbocycles. The monoisotopic (exact) mass is 575 g/mol. The van der Waals surface area contributed by atoms with Gasteiger partial charge in [-0.3, -0.25) is 19.3 Å². The molecule has 3 aromatic rings. The normalized spacial score (nSPS) is 11.3. The Balaban J connectivity index is 1.55. The molecule has 0 fully saturated rings. The van der Waals surface area contributed by atoms with Gasteiger partial charge in [-0.1, -0.05) is 0 Å². The van der Waals surface area contributed by atoms with E-state index in [-0.39, 0.29) is 37.1 Å². The highest BCUT2D eigenvalue weighted by Crippen LogP contribution is 2.21. The molecule has 0 aliphatic heterocycles. The highest BCUT2D eigenvalue weighted by atomic mass is 16.5. The van der Waals surface area contributed by atoms with Crippen molar-refractivity contribution in [2.24, 2.45) is 21.1 Å². The molecule has 0 unspecified atom stereocenters. The minimum absolute atomic E-state index is 0.0858. The Morgan fingerprint density at radius 2 is 0.927 bits per heavy atom. The first-order valence-corrected chi connectivity index (χ1v) is 12.9. The molecule has 224 valence electrons. The van der Waals surface area contributed by atoms with Crippen LogP contribution in [0.5, 0.6) is 34.5 Å². The number of nitrogens with zero attached hydrogens (tertiary/aromatic N) is 5. The van der Waals surface area contributed by atoms with Crippen LogP contribution in [0, 0.1) is 0 Å². The van der Waals surface area contributed by atoms with Gasteiger partial charge in [-0.2, -0.15) is 0 Å². The average molecular weight is 576 g/mol. The van der Waals surface area contributed by atoms with Crippen LogP contribution in [0.25, 0.3) is 0 Å². The van der Waals surface area contributed by atoms with Gasteiger partial charge < -0.3 is 48.1 Å². The SMILES string of the molecule is CN(CCOc1ccn(C)c(=O)c1O)CCN(CCOc1ccn(C)c(=O)c1O)CCOc1ccn(C)c(=O)c1O. The molecule has 14 nitrogen and oxygen atoms in total. The summed E-state index contributed by atoms with van der Waals surface area (Å²) in [7, 11) is 6.49. The topological polar surface area (TPSA) is 161 Å². The summed E-state index contributed by atoms with van der Waals surface area (Å²) >= 11 is 0. The zero-order valence-electron chi connectivity index (χ0n) is 23.6. The van der Waals surface area contributed by atoms with Crippen molar-refractivity contribution in [2.75, 3.05) is 59.6 Å². The molecule has 0 spiro atoms. The van der Waals surface area contributed by atoms with E-state index in [1.54, 1.807) is 0 Å². The molecule has 3 rings (SSSR count). The first-order valence-electron chi connectivity index (χ1n) is 12.9. The van der Waals surface area contributed by atoms with E-state index in [4.69, 9.17) is 14.2 Å². The van der Waals surface area contributed by atoms with Crippen LogP contribution in [0.3, 0.4) is 0 Å². The number of hydrogen-bond acceptors (Lipinski definition) is 11. The van der Waals surface area contributed by atoms with Crippen molar-refractivity contribution in [3.63, 3.8) is 0 Å². The standard InChI is InChI=1S/C27H37N5O9/c1-28(13-16-39-19-5-8-29(2)25(36)22(19)33)11-12-32(14-17-40-20-6-9-30(3)26(37)23(20)34)15-18-41-21-7-10-31(4)27(38)24(21)35/h5-10,33-35H,11-18H2,1-4H3. The van der Waals surface area contributed by atoms with E-state index in [9.17, 15) is 29.7 Å². The van der Waals surface area contributed by atoms with Gasteiger partial charge in [-0.25, -0.2) is 0 Å². The van der Waals surface area contributed by atoms with Gasteiger partial charge in [-0.05, 0) is 7.05 Å². The number of ether oxygens (including phenoxy) is 3. The predicted molar refractivity (Wildman–Crippen MR) is 150 cm³/mol. The van der Waals surface area contributed by atoms with E-state index in [2.05, 4.69) is 0 Å². The number of pyridine rings is 3. The maximum Gasteiger partial charge on any atom is 0.296 e.